The van der Waals surface area contributed by atoms with Gasteiger partial charge in [-0.2, -0.15) is 0 Å². The van der Waals surface area contributed by atoms with E-state index in [9.17, 15) is 23.9 Å². The minimum Gasteiger partial charge on any atom is -0.507 e. The summed E-state index contributed by atoms with van der Waals surface area (Å²) in [5.74, 6) is -2.66. The number of anilines is 1. The highest BCUT2D eigenvalue weighted by Crippen LogP contribution is 2.44. The van der Waals surface area contributed by atoms with E-state index in [0.717, 1.165) is 22.3 Å². The zero-order valence-corrected chi connectivity index (χ0v) is 23.2. The largest absolute Gasteiger partial charge is 0.507 e. The Balaban J connectivity index is 1.67. The fourth-order valence-corrected chi connectivity index (χ4v) is 5.47. The maximum Gasteiger partial charge on any atom is 0.350 e. The van der Waals surface area contributed by atoms with Gasteiger partial charge >= 0.3 is 11.9 Å². The topological polar surface area (TPSA) is 106 Å². The molecule has 1 aliphatic heterocycles. The number of rotatable bonds is 7. The van der Waals surface area contributed by atoms with Crippen molar-refractivity contribution >= 4 is 39.9 Å². The van der Waals surface area contributed by atoms with Gasteiger partial charge in [-0.05, 0) is 62.2 Å². The molecule has 1 saturated heterocycles. The number of aliphatic hydroxyl groups excluding tert-OH is 1. The van der Waals surface area contributed by atoms with Gasteiger partial charge in [0.2, 0.25) is 0 Å². The molecule has 3 aromatic carbocycles. The molecule has 8 nitrogen and oxygen atoms in total. The normalized spacial score (nSPS) is 16.2. The Kier molecular flexibility index (Phi) is 7.67. The fraction of sp³-hybridized carbons (Fsp3) is 0.161. The number of ether oxygens (including phenoxy) is 2. The molecule has 4 aromatic rings. The number of hydrogen-bond acceptors (Lipinski definition) is 8. The molecule has 208 valence electrons. The van der Waals surface area contributed by atoms with Crippen molar-refractivity contribution in [2.24, 2.45) is 0 Å². The van der Waals surface area contributed by atoms with Crippen LogP contribution in [0.4, 0.5) is 9.52 Å². The van der Waals surface area contributed by atoms with Crippen molar-refractivity contribution in [2.75, 3.05) is 11.5 Å². The number of esters is 1. The van der Waals surface area contributed by atoms with Crippen molar-refractivity contribution in [3.63, 3.8) is 0 Å². The Morgan fingerprint density at radius 1 is 1.02 bits per heavy atom. The maximum atomic E-state index is 14.4. The molecule has 0 unspecified atom stereocenters. The van der Waals surface area contributed by atoms with E-state index in [-0.39, 0.29) is 27.8 Å². The van der Waals surface area contributed by atoms with Gasteiger partial charge in [0, 0.05) is 5.56 Å². The monoisotopic (exact) mass is 572 g/mol. The standard InChI is InChI=1S/C31H25FN2O6S/c1-4-39-30(38)28-18(3)33-31(41-28)34-25(19-9-8-12-22(15-19)40-21-10-6-5-7-11-21)24(27(36)29(34)37)26(35)20-14-13-17(2)23(32)16-20/h5-16,25,35H,4H2,1-3H3/t25-/m1/s1. The van der Waals surface area contributed by atoms with E-state index in [1.54, 1.807) is 57.2 Å². The highest BCUT2D eigenvalue weighted by Gasteiger charge is 2.48. The van der Waals surface area contributed by atoms with Crippen LogP contribution in [0.15, 0.2) is 78.4 Å². The van der Waals surface area contributed by atoms with Gasteiger partial charge in [0.15, 0.2) is 5.13 Å². The minimum atomic E-state index is -1.15. The number of aromatic nitrogens is 1. The number of aliphatic hydroxyl groups is 1. The van der Waals surface area contributed by atoms with Gasteiger partial charge in [-0.25, -0.2) is 14.2 Å². The number of nitrogens with zero attached hydrogens (tertiary/aromatic N) is 2. The zero-order chi connectivity index (χ0) is 29.3. The van der Waals surface area contributed by atoms with E-state index in [1.807, 2.05) is 18.2 Å². The van der Waals surface area contributed by atoms with Gasteiger partial charge in [-0.3, -0.25) is 14.5 Å². The Morgan fingerprint density at radius 3 is 2.46 bits per heavy atom. The molecule has 1 aliphatic rings. The molecule has 1 fully saturated rings. The van der Waals surface area contributed by atoms with Crippen LogP contribution in [0.1, 0.15) is 45.0 Å². The summed E-state index contributed by atoms with van der Waals surface area (Å²) in [6.07, 6.45) is 0. The van der Waals surface area contributed by atoms with Crippen molar-refractivity contribution in [2.45, 2.75) is 26.8 Å². The second kappa shape index (κ2) is 11.3. The molecular weight excluding hydrogens is 547 g/mol. The number of halogens is 1. The van der Waals surface area contributed by atoms with Gasteiger partial charge in [0.1, 0.15) is 28.0 Å². The number of benzene rings is 3. The van der Waals surface area contributed by atoms with Crippen molar-refractivity contribution in [3.8, 4) is 11.5 Å². The number of thiazole rings is 1. The molecule has 2 heterocycles. The van der Waals surface area contributed by atoms with Gasteiger partial charge in [0.05, 0.1) is 23.9 Å². The first-order valence-corrected chi connectivity index (χ1v) is 13.6. The van der Waals surface area contributed by atoms with Gasteiger partial charge in [-0.15, -0.1) is 0 Å². The van der Waals surface area contributed by atoms with Gasteiger partial charge in [-0.1, -0.05) is 53.8 Å². The van der Waals surface area contributed by atoms with E-state index in [4.69, 9.17) is 9.47 Å². The number of hydrogen-bond donors (Lipinski definition) is 1. The molecule has 0 saturated carbocycles. The fourth-order valence-electron chi connectivity index (χ4n) is 4.48. The zero-order valence-electron chi connectivity index (χ0n) is 22.4. The van der Waals surface area contributed by atoms with Gasteiger partial charge < -0.3 is 14.6 Å². The van der Waals surface area contributed by atoms with Crippen LogP contribution in [0.25, 0.3) is 5.76 Å². The van der Waals surface area contributed by atoms with Crippen molar-refractivity contribution in [1.82, 2.24) is 4.98 Å². The van der Waals surface area contributed by atoms with Crippen molar-refractivity contribution in [3.05, 3.63) is 111 Å². The van der Waals surface area contributed by atoms with Crippen LogP contribution >= 0.6 is 11.3 Å². The predicted molar refractivity (Wildman–Crippen MR) is 152 cm³/mol. The molecule has 0 spiro atoms. The highest BCUT2D eigenvalue weighted by molar-refractivity contribution is 7.17. The van der Waals surface area contributed by atoms with Crippen molar-refractivity contribution in [1.29, 1.82) is 0 Å². The minimum absolute atomic E-state index is 0.0373. The molecule has 10 heteroatoms. The predicted octanol–water partition coefficient (Wildman–Crippen LogP) is 6.49. The summed E-state index contributed by atoms with van der Waals surface area (Å²) in [7, 11) is 0. The van der Waals surface area contributed by atoms with Crippen LogP contribution in [0.5, 0.6) is 11.5 Å². The summed E-state index contributed by atoms with van der Waals surface area (Å²) < 4.78 is 25.5. The lowest BCUT2D eigenvalue weighted by molar-refractivity contribution is -0.132. The molecule has 0 bridgehead atoms. The van der Waals surface area contributed by atoms with Crippen LogP contribution in [0.3, 0.4) is 0 Å². The SMILES string of the molecule is CCOC(=O)c1sc(N2C(=O)C(=O)C(=C(O)c3ccc(C)c(F)c3)[C@H]2c2cccc(Oc3ccccc3)c2)nc1C. The summed E-state index contributed by atoms with van der Waals surface area (Å²) in [5.41, 5.74) is 0.896. The highest BCUT2D eigenvalue weighted by atomic mass is 32.1. The number of ketones is 1. The number of carbonyl (C=O) groups is 3. The third-order valence-corrected chi connectivity index (χ3v) is 7.63. The van der Waals surface area contributed by atoms with Crippen LogP contribution < -0.4 is 9.64 Å². The average Bonchev–Trinajstić information content (AvgIpc) is 3.47. The lowest BCUT2D eigenvalue weighted by atomic mass is 9.95. The summed E-state index contributed by atoms with van der Waals surface area (Å²) >= 11 is 0.902. The van der Waals surface area contributed by atoms with Crippen molar-refractivity contribution < 1.29 is 33.4 Å². The second-order valence-electron chi connectivity index (χ2n) is 9.25. The first kappa shape index (κ1) is 27.7. The van der Waals surface area contributed by atoms with Gasteiger partial charge in [0.25, 0.3) is 5.78 Å². The molecule has 0 aliphatic carbocycles. The van der Waals surface area contributed by atoms with E-state index < -0.39 is 35.3 Å². The van der Waals surface area contributed by atoms with Crippen LogP contribution in [-0.4, -0.2) is 34.4 Å². The van der Waals surface area contributed by atoms with E-state index in [0.29, 0.717) is 28.3 Å². The van der Waals surface area contributed by atoms with E-state index >= 15 is 0 Å². The molecule has 1 atom stereocenters. The molecule has 1 N–H and O–H groups in total. The average molecular weight is 573 g/mol. The third kappa shape index (κ3) is 5.33. The summed E-state index contributed by atoms with van der Waals surface area (Å²) in [6, 6.07) is 18.7. The Bertz CT molecular complexity index is 1700. The third-order valence-electron chi connectivity index (χ3n) is 6.49. The van der Waals surface area contributed by atoms with E-state index in [1.165, 1.54) is 12.1 Å². The summed E-state index contributed by atoms with van der Waals surface area (Å²) in [6.45, 7) is 4.99. The lowest BCUT2D eigenvalue weighted by Crippen LogP contribution is -2.29. The Morgan fingerprint density at radius 2 is 1.76 bits per heavy atom. The smallest absolute Gasteiger partial charge is 0.350 e. The molecular formula is C31H25FN2O6S. The molecule has 1 amide bonds. The van der Waals surface area contributed by atoms with Crippen LogP contribution in [0.2, 0.25) is 0 Å². The van der Waals surface area contributed by atoms with Crippen LogP contribution in [-0.2, 0) is 14.3 Å². The number of carbonyl (C=O) groups excluding carboxylic acids is 3. The quantitative estimate of drug-likeness (QED) is 0.117. The summed E-state index contributed by atoms with van der Waals surface area (Å²) in [4.78, 5) is 45.3. The molecule has 41 heavy (non-hydrogen) atoms. The lowest BCUT2D eigenvalue weighted by Gasteiger charge is -2.23. The summed E-state index contributed by atoms with van der Waals surface area (Å²) in [5, 5.41) is 11.4. The number of para-hydroxylation sites is 1. The molecule has 1 aromatic heterocycles. The van der Waals surface area contributed by atoms with E-state index in [2.05, 4.69) is 4.98 Å². The maximum absolute atomic E-state index is 14.4. The number of aryl methyl sites for hydroxylation is 2. The first-order valence-electron chi connectivity index (χ1n) is 12.7. The Labute approximate surface area is 239 Å². The number of amides is 1. The van der Waals surface area contributed by atoms with Crippen LogP contribution in [0, 0.1) is 19.7 Å². The molecule has 5 rings (SSSR count). The molecule has 0 radical (unpaired) electrons. The first-order chi connectivity index (χ1) is 19.7. The second-order valence-corrected chi connectivity index (χ2v) is 10.2. The Hall–Kier alpha value is -4.83. The number of Topliss-reactive ketones (excluding diaryl/α,β-unsaturated/α-hetero) is 1.